The molecule has 46 heavy (non-hydrogen) atoms. The highest BCUT2D eigenvalue weighted by atomic mass is 19.4. The lowest BCUT2D eigenvalue weighted by Gasteiger charge is -2.17. The lowest BCUT2D eigenvalue weighted by atomic mass is 10.0. The van der Waals surface area contributed by atoms with Crippen molar-refractivity contribution in [2.45, 2.75) is 31.9 Å². The molecule has 0 spiro atoms. The number of carbonyl (C=O) groups is 4. The summed E-state index contributed by atoms with van der Waals surface area (Å²) in [5.74, 6) is -4.41. The maximum absolute atomic E-state index is 13.9. The summed E-state index contributed by atoms with van der Waals surface area (Å²) in [5, 5.41) is 0. The number of hydrogen-bond acceptors (Lipinski definition) is 10. The maximum Gasteiger partial charge on any atom is 0.420 e. The van der Waals surface area contributed by atoms with Crippen molar-refractivity contribution >= 4 is 23.9 Å². The predicted octanol–water partition coefficient (Wildman–Crippen LogP) is 6.08. The Kier molecular flexibility index (Phi) is 12.5. The minimum atomic E-state index is -4.93. The number of ether oxygens (including phenoxy) is 6. The van der Waals surface area contributed by atoms with Gasteiger partial charge in [0.15, 0.2) is 0 Å². The molecule has 3 rings (SSSR count). The molecule has 10 nitrogen and oxygen atoms in total. The molecule has 0 aliphatic heterocycles. The Morgan fingerprint density at radius 1 is 0.761 bits per heavy atom. The van der Waals surface area contributed by atoms with E-state index in [0.717, 1.165) is 29.8 Å². The van der Waals surface area contributed by atoms with Gasteiger partial charge >= 0.3 is 30.1 Å². The van der Waals surface area contributed by atoms with E-state index in [4.69, 9.17) is 28.4 Å². The van der Waals surface area contributed by atoms with Gasteiger partial charge in [-0.3, -0.25) is 9.59 Å². The summed E-state index contributed by atoms with van der Waals surface area (Å²) in [5.41, 5.74) is -0.155. The number of benzene rings is 3. The van der Waals surface area contributed by atoms with Crippen LogP contribution in [-0.4, -0.2) is 37.5 Å². The molecule has 0 amide bonds. The number of aryl methyl sites for hydroxylation is 1. The van der Waals surface area contributed by atoms with Crippen LogP contribution in [0, 0.1) is 0 Å². The van der Waals surface area contributed by atoms with E-state index in [0.29, 0.717) is 23.1 Å². The van der Waals surface area contributed by atoms with Gasteiger partial charge in [-0.25, -0.2) is 9.59 Å². The third-order valence-corrected chi connectivity index (χ3v) is 6.16. The Morgan fingerprint density at radius 3 is 1.80 bits per heavy atom. The molecule has 0 N–H and O–H groups in total. The van der Waals surface area contributed by atoms with Gasteiger partial charge < -0.3 is 28.4 Å². The quantitative estimate of drug-likeness (QED) is 0.0834. The first-order valence-electron chi connectivity index (χ1n) is 13.6. The normalized spacial score (nSPS) is 11.4. The van der Waals surface area contributed by atoms with Gasteiger partial charge in [0.1, 0.15) is 28.6 Å². The number of esters is 4. The Morgan fingerprint density at radius 2 is 1.28 bits per heavy atom. The van der Waals surface area contributed by atoms with Crippen LogP contribution in [0.25, 0.3) is 0 Å². The van der Waals surface area contributed by atoms with E-state index in [1.165, 1.54) is 31.2 Å². The summed E-state index contributed by atoms with van der Waals surface area (Å²) in [7, 11) is 0. The molecule has 13 heteroatoms. The number of alkyl halides is 3. The van der Waals surface area contributed by atoms with Gasteiger partial charge in [-0.2, -0.15) is 13.2 Å². The van der Waals surface area contributed by atoms with Gasteiger partial charge in [-0.15, -0.1) is 0 Å². The standard InChI is InChI=1S/C33H29F3O10/c1-4-29(37)43-19-41-24-11-6-22(7-12-24)8-17-31(39)45-26-15-16-28(27(18-26)33(34,35)36)46-32(40)21(3)23-9-13-25(14-10-23)42-20-44-30(38)5-2/h4-7,9-16,18,21H,1-2,8,17,19-20H2,3H3. The summed E-state index contributed by atoms with van der Waals surface area (Å²) in [6.07, 6.45) is -2.88. The third kappa shape index (κ3) is 10.8. The Hall–Kier alpha value is -5.59. The van der Waals surface area contributed by atoms with Crippen LogP contribution in [0.1, 0.15) is 36.0 Å². The van der Waals surface area contributed by atoms with Crippen LogP contribution in [-0.2, 0) is 41.2 Å². The smallest absolute Gasteiger partial charge is 0.420 e. The molecule has 0 radical (unpaired) electrons. The topological polar surface area (TPSA) is 124 Å². The molecule has 0 saturated heterocycles. The predicted molar refractivity (Wildman–Crippen MR) is 156 cm³/mol. The van der Waals surface area contributed by atoms with E-state index >= 15 is 0 Å². The van der Waals surface area contributed by atoms with Gasteiger partial charge in [0, 0.05) is 18.6 Å². The zero-order chi connectivity index (χ0) is 33.7. The second-order valence-electron chi connectivity index (χ2n) is 9.34. The molecule has 3 aromatic rings. The minimum absolute atomic E-state index is 0.142. The number of rotatable bonds is 15. The first kappa shape index (κ1) is 34.9. The van der Waals surface area contributed by atoms with Crippen molar-refractivity contribution in [3.05, 3.63) is 109 Å². The van der Waals surface area contributed by atoms with Crippen LogP contribution in [0.3, 0.4) is 0 Å². The van der Waals surface area contributed by atoms with Crippen molar-refractivity contribution < 1.29 is 60.8 Å². The summed E-state index contributed by atoms with van der Waals surface area (Å²) in [6, 6.07) is 15.1. The fraction of sp³-hybridized carbons (Fsp3) is 0.212. The zero-order valence-corrected chi connectivity index (χ0v) is 24.5. The minimum Gasteiger partial charge on any atom is -0.457 e. The number of hydrogen-bond donors (Lipinski definition) is 0. The molecule has 242 valence electrons. The Balaban J connectivity index is 1.57. The number of carbonyl (C=O) groups excluding carboxylic acids is 4. The number of halogens is 3. The molecule has 0 heterocycles. The van der Waals surface area contributed by atoms with Crippen LogP contribution in [0.4, 0.5) is 13.2 Å². The highest BCUT2D eigenvalue weighted by molar-refractivity contribution is 5.82. The van der Waals surface area contributed by atoms with Crippen LogP contribution in [0.2, 0.25) is 0 Å². The van der Waals surface area contributed by atoms with Crippen molar-refractivity contribution in [1.82, 2.24) is 0 Å². The van der Waals surface area contributed by atoms with Crippen LogP contribution in [0.5, 0.6) is 23.0 Å². The van der Waals surface area contributed by atoms with Gasteiger partial charge in [0.2, 0.25) is 13.6 Å². The molecule has 1 atom stereocenters. The van der Waals surface area contributed by atoms with E-state index in [1.807, 2.05) is 0 Å². The third-order valence-electron chi connectivity index (χ3n) is 6.16. The molecule has 0 aromatic heterocycles. The van der Waals surface area contributed by atoms with Gasteiger partial charge in [0.25, 0.3) is 0 Å². The van der Waals surface area contributed by atoms with Gasteiger partial charge in [-0.1, -0.05) is 37.4 Å². The van der Waals surface area contributed by atoms with E-state index < -0.39 is 47.3 Å². The molecule has 0 fully saturated rings. The molecule has 3 aromatic carbocycles. The monoisotopic (exact) mass is 642 g/mol. The van der Waals surface area contributed by atoms with Crippen molar-refractivity contribution in [2.24, 2.45) is 0 Å². The summed E-state index contributed by atoms with van der Waals surface area (Å²) < 4.78 is 71.7. The fourth-order valence-corrected chi connectivity index (χ4v) is 3.68. The van der Waals surface area contributed by atoms with E-state index in [9.17, 15) is 32.3 Å². The van der Waals surface area contributed by atoms with Crippen LogP contribution >= 0.6 is 0 Å². The van der Waals surface area contributed by atoms with Gasteiger partial charge in [-0.05, 0) is 66.9 Å². The lowest BCUT2D eigenvalue weighted by Crippen LogP contribution is -2.19. The largest absolute Gasteiger partial charge is 0.457 e. The molecular formula is C33H29F3O10. The average molecular weight is 643 g/mol. The molecule has 0 bridgehead atoms. The average Bonchev–Trinajstić information content (AvgIpc) is 3.04. The molecule has 0 aliphatic rings. The first-order chi connectivity index (χ1) is 21.9. The second-order valence-corrected chi connectivity index (χ2v) is 9.34. The molecule has 0 saturated carbocycles. The highest BCUT2D eigenvalue weighted by Crippen LogP contribution is 2.39. The van der Waals surface area contributed by atoms with Crippen LogP contribution in [0.15, 0.2) is 92.0 Å². The first-order valence-corrected chi connectivity index (χ1v) is 13.6. The summed E-state index contributed by atoms with van der Waals surface area (Å²) in [6.45, 7) is 7.30. The van der Waals surface area contributed by atoms with Crippen molar-refractivity contribution in [3.8, 4) is 23.0 Å². The van der Waals surface area contributed by atoms with Crippen molar-refractivity contribution in [2.75, 3.05) is 13.6 Å². The van der Waals surface area contributed by atoms with Crippen LogP contribution < -0.4 is 18.9 Å². The zero-order valence-electron chi connectivity index (χ0n) is 24.5. The van der Waals surface area contributed by atoms with Crippen molar-refractivity contribution in [1.29, 1.82) is 0 Å². The second kappa shape index (κ2) is 16.5. The van der Waals surface area contributed by atoms with E-state index in [2.05, 4.69) is 13.2 Å². The Bertz CT molecular complexity index is 1550. The Labute approximate surface area is 261 Å². The molecule has 0 aliphatic carbocycles. The highest BCUT2D eigenvalue weighted by Gasteiger charge is 2.36. The molecule has 1 unspecified atom stereocenters. The van der Waals surface area contributed by atoms with Gasteiger partial charge in [0.05, 0.1) is 5.92 Å². The maximum atomic E-state index is 13.9. The van der Waals surface area contributed by atoms with E-state index in [1.54, 1.807) is 24.3 Å². The molecular weight excluding hydrogens is 613 g/mol. The lowest BCUT2D eigenvalue weighted by molar-refractivity contribution is -0.145. The van der Waals surface area contributed by atoms with Crippen molar-refractivity contribution in [3.63, 3.8) is 0 Å². The fourth-order valence-electron chi connectivity index (χ4n) is 3.68. The summed E-state index contributed by atoms with van der Waals surface area (Å²) in [4.78, 5) is 47.2. The SMILES string of the molecule is C=CC(=O)OCOc1ccc(CCC(=O)Oc2ccc(OC(=O)C(C)c3ccc(OCOC(=O)C=C)cc3)c(C(F)(F)F)c2)cc1. The summed E-state index contributed by atoms with van der Waals surface area (Å²) >= 11 is 0. The van der Waals surface area contributed by atoms with E-state index in [-0.39, 0.29) is 32.2 Å².